The van der Waals surface area contributed by atoms with Crippen LogP contribution in [0.3, 0.4) is 0 Å². The quantitative estimate of drug-likeness (QED) is 0.762. The molecule has 6 nitrogen and oxygen atoms in total. The minimum absolute atomic E-state index is 0.114. The number of rotatable bonds is 3. The van der Waals surface area contributed by atoms with Crippen molar-refractivity contribution in [2.75, 3.05) is 40.8 Å². The molecule has 0 bridgehead atoms. The number of carbonyl (C=O) groups excluding carboxylic acids is 1. The number of halogens is 1. The van der Waals surface area contributed by atoms with Gasteiger partial charge in [-0.25, -0.2) is 8.42 Å². The smallest absolute Gasteiger partial charge is 0.243 e. The predicted molar refractivity (Wildman–Crippen MR) is 106 cm³/mol. The summed E-state index contributed by atoms with van der Waals surface area (Å²) in [6.45, 7) is 1.76. The number of hydrogen-bond donors (Lipinski definition) is 0. The SMILES string of the molecule is CN(C)C(=O)C1N(C)CCCC12CCN(S(=O)(=O)c1cccc(Cl)c1)CC2. The first-order valence-corrected chi connectivity index (χ1v) is 11.2. The lowest BCUT2D eigenvalue weighted by Crippen LogP contribution is -2.61. The molecule has 1 spiro atoms. The first-order valence-electron chi connectivity index (χ1n) is 9.34. The van der Waals surface area contributed by atoms with Crippen molar-refractivity contribution in [3.63, 3.8) is 0 Å². The standard InChI is InChI=1S/C19H28ClN3O3S/c1-21(2)18(24)17-19(8-5-11-22(17)3)9-12-23(13-10-19)27(25,26)16-7-4-6-15(20)14-16/h4,6-7,14,17H,5,8-13H2,1-3H3. The van der Waals surface area contributed by atoms with E-state index in [0.29, 0.717) is 31.0 Å². The van der Waals surface area contributed by atoms with Crippen LogP contribution in [0.4, 0.5) is 0 Å². The summed E-state index contributed by atoms with van der Waals surface area (Å²) in [5.74, 6) is 0.114. The molecule has 0 saturated carbocycles. The van der Waals surface area contributed by atoms with Crippen molar-refractivity contribution in [1.29, 1.82) is 0 Å². The summed E-state index contributed by atoms with van der Waals surface area (Å²) in [6, 6.07) is 6.22. The van der Waals surface area contributed by atoms with Crippen molar-refractivity contribution < 1.29 is 13.2 Å². The summed E-state index contributed by atoms with van der Waals surface area (Å²) in [5.41, 5.74) is -0.158. The van der Waals surface area contributed by atoms with Gasteiger partial charge in [-0.2, -0.15) is 4.31 Å². The number of sulfonamides is 1. The zero-order valence-corrected chi connectivity index (χ0v) is 17.8. The number of nitrogens with zero attached hydrogens (tertiary/aromatic N) is 3. The fourth-order valence-electron chi connectivity index (χ4n) is 4.58. The number of piperidine rings is 2. The molecule has 2 aliphatic heterocycles. The van der Waals surface area contributed by atoms with E-state index >= 15 is 0 Å². The first kappa shape index (κ1) is 20.6. The molecule has 1 aromatic carbocycles. The van der Waals surface area contributed by atoms with Gasteiger partial charge in [-0.3, -0.25) is 9.69 Å². The third-order valence-corrected chi connectivity index (χ3v) is 8.16. The number of benzene rings is 1. The normalized spacial score (nSPS) is 24.1. The Kier molecular flexibility index (Phi) is 5.87. The van der Waals surface area contributed by atoms with Gasteiger partial charge in [0.1, 0.15) is 0 Å². The summed E-state index contributed by atoms with van der Waals surface area (Å²) < 4.78 is 27.5. The van der Waals surface area contributed by atoms with Crippen molar-refractivity contribution in [2.45, 2.75) is 36.6 Å². The summed E-state index contributed by atoms with van der Waals surface area (Å²) in [6.07, 6.45) is 3.39. The monoisotopic (exact) mass is 413 g/mol. The summed E-state index contributed by atoms with van der Waals surface area (Å²) >= 11 is 5.98. The number of likely N-dealkylation sites (N-methyl/N-ethyl adjacent to an activating group) is 2. The van der Waals surface area contributed by atoms with Gasteiger partial charge in [0.2, 0.25) is 15.9 Å². The van der Waals surface area contributed by atoms with E-state index in [0.717, 1.165) is 19.4 Å². The Morgan fingerprint density at radius 3 is 2.44 bits per heavy atom. The van der Waals surface area contributed by atoms with E-state index in [1.165, 1.54) is 10.4 Å². The van der Waals surface area contributed by atoms with Crippen LogP contribution in [0.5, 0.6) is 0 Å². The molecule has 27 heavy (non-hydrogen) atoms. The van der Waals surface area contributed by atoms with Gasteiger partial charge < -0.3 is 4.90 Å². The molecule has 0 aliphatic carbocycles. The molecule has 2 saturated heterocycles. The molecule has 2 aliphatic rings. The van der Waals surface area contributed by atoms with Crippen LogP contribution in [-0.4, -0.2) is 75.2 Å². The van der Waals surface area contributed by atoms with E-state index in [-0.39, 0.29) is 22.3 Å². The van der Waals surface area contributed by atoms with Crippen LogP contribution in [0.15, 0.2) is 29.2 Å². The molecule has 2 heterocycles. The highest BCUT2D eigenvalue weighted by molar-refractivity contribution is 7.89. The molecular weight excluding hydrogens is 386 g/mol. The van der Waals surface area contributed by atoms with Gasteiger partial charge in [-0.05, 0) is 62.9 Å². The lowest BCUT2D eigenvalue weighted by Gasteiger charge is -2.52. The average molecular weight is 414 g/mol. The van der Waals surface area contributed by atoms with E-state index in [1.54, 1.807) is 37.2 Å². The van der Waals surface area contributed by atoms with Crippen LogP contribution in [0.25, 0.3) is 0 Å². The molecule has 3 rings (SSSR count). The van der Waals surface area contributed by atoms with E-state index in [9.17, 15) is 13.2 Å². The maximum absolute atomic E-state index is 13.0. The van der Waals surface area contributed by atoms with E-state index in [1.807, 2.05) is 7.05 Å². The molecule has 1 aromatic rings. The van der Waals surface area contributed by atoms with E-state index in [4.69, 9.17) is 11.6 Å². The number of hydrogen-bond acceptors (Lipinski definition) is 4. The Bertz CT molecular complexity index is 804. The third-order valence-electron chi connectivity index (χ3n) is 6.03. The summed E-state index contributed by atoms with van der Waals surface area (Å²) in [7, 11) is 2.01. The van der Waals surface area contributed by atoms with Crippen LogP contribution >= 0.6 is 11.6 Å². The number of amides is 1. The first-order chi connectivity index (χ1) is 12.7. The topological polar surface area (TPSA) is 60.9 Å². The molecule has 8 heteroatoms. The van der Waals surface area contributed by atoms with Crippen molar-refractivity contribution in [3.05, 3.63) is 29.3 Å². The molecule has 150 valence electrons. The zero-order chi connectivity index (χ0) is 19.8. The Morgan fingerprint density at radius 2 is 1.85 bits per heavy atom. The van der Waals surface area contributed by atoms with Gasteiger partial charge in [0.25, 0.3) is 0 Å². The van der Waals surface area contributed by atoms with Crippen LogP contribution in [0.2, 0.25) is 5.02 Å². The second kappa shape index (κ2) is 7.70. The van der Waals surface area contributed by atoms with Crippen molar-refractivity contribution >= 4 is 27.5 Å². The molecule has 1 unspecified atom stereocenters. The van der Waals surface area contributed by atoms with E-state index < -0.39 is 10.0 Å². The molecule has 1 amide bonds. The summed E-state index contributed by atoms with van der Waals surface area (Å²) in [4.78, 5) is 16.9. The van der Waals surface area contributed by atoms with Crippen LogP contribution in [0.1, 0.15) is 25.7 Å². The largest absolute Gasteiger partial charge is 0.347 e. The Labute approximate surface area is 167 Å². The third kappa shape index (κ3) is 3.88. The van der Waals surface area contributed by atoms with Crippen molar-refractivity contribution in [1.82, 2.24) is 14.1 Å². The molecule has 0 N–H and O–H groups in total. The van der Waals surface area contributed by atoms with Gasteiger partial charge >= 0.3 is 0 Å². The van der Waals surface area contributed by atoms with Gasteiger partial charge in [-0.15, -0.1) is 0 Å². The van der Waals surface area contributed by atoms with Gasteiger partial charge in [-0.1, -0.05) is 17.7 Å². The highest BCUT2D eigenvalue weighted by Gasteiger charge is 2.50. The highest BCUT2D eigenvalue weighted by Crippen LogP contribution is 2.45. The second-order valence-corrected chi connectivity index (χ2v) is 10.3. The summed E-state index contributed by atoms with van der Waals surface area (Å²) in [5, 5.41) is 0.412. The molecule has 2 fully saturated rings. The zero-order valence-electron chi connectivity index (χ0n) is 16.2. The minimum atomic E-state index is -3.57. The Balaban J connectivity index is 1.81. The highest BCUT2D eigenvalue weighted by atomic mass is 35.5. The number of likely N-dealkylation sites (tertiary alicyclic amines) is 1. The van der Waals surface area contributed by atoms with Gasteiger partial charge in [0.15, 0.2) is 0 Å². The fourth-order valence-corrected chi connectivity index (χ4v) is 6.32. The lowest BCUT2D eigenvalue weighted by atomic mass is 9.67. The Hall–Kier alpha value is -1.15. The maximum atomic E-state index is 13.0. The molecule has 0 aromatic heterocycles. The lowest BCUT2D eigenvalue weighted by molar-refractivity contribution is -0.143. The number of carbonyl (C=O) groups is 1. The van der Waals surface area contributed by atoms with Crippen LogP contribution in [-0.2, 0) is 14.8 Å². The van der Waals surface area contributed by atoms with Crippen molar-refractivity contribution in [2.24, 2.45) is 5.41 Å². The maximum Gasteiger partial charge on any atom is 0.243 e. The van der Waals surface area contributed by atoms with Crippen molar-refractivity contribution in [3.8, 4) is 0 Å². The second-order valence-electron chi connectivity index (χ2n) is 7.94. The predicted octanol–water partition coefficient (Wildman–Crippen LogP) is 2.29. The van der Waals surface area contributed by atoms with Crippen LogP contribution in [0, 0.1) is 5.41 Å². The minimum Gasteiger partial charge on any atom is -0.347 e. The fraction of sp³-hybridized carbons (Fsp3) is 0.632. The van der Waals surface area contributed by atoms with Crippen LogP contribution < -0.4 is 0 Å². The van der Waals surface area contributed by atoms with E-state index in [2.05, 4.69) is 4.90 Å². The molecular formula is C19H28ClN3O3S. The molecule has 0 radical (unpaired) electrons. The Morgan fingerprint density at radius 1 is 1.19 bits per heavy atom. The van der Waals surface area contributed by atoms with Gasteiger partial charge in [0, 0.05) is 32.2 Å². The van der Waals surface area contributed by atoms with Gasteiger partial charge in [0.05, 0.1) is 10.9 Å². The average Bonchev–Trinajstić information content (AvgIpc) is 2.62. The molecule has 1 atom stereocenters.